The lowest BCUT2D eigenvalue weighted by molar-refractivity contribution is -0.122. The predicted octanol–water partition coefficient (Wildman–Crippen LogP) is 0.833. The fraction of sp³-hybridized carbons (Fsp3) is 0.923. The van der Waals surface area contributed by atoms with Gasteiger partial charge in [-0.1, -0.05) is 0 Å². The Morgan fingerprint density at radius 1 is 1.41 bits per heavy atom. The number of carbonyl (C=O) groups is 1. The van der Waals surface area contributed by atoms with Crippen LogP contribution in [0.25, 0.3) is 0 Å². The summed E-state index contributed by atoms with van der Waals surface area (Å²) in [7, 11) is 0. The highest BCUT2D eigenvalue weighted by Crippen LogP contribution is 2.14. The highest BCUT2D eigenvalue weighted by molar-refractivity contribution is 5.77. The molecule has 0 spiro atoms. The van der Waals surface area contributed by atoms with Crippen molar-refractivity contribution < 1.29 is 4.79 Å². The van der Waals surface area contributed by atoms with Gasteiger partial charge in [0, 0.05) is 19.1 Å². The molecule has 1 rings (SSSR count). The van der Waals surface area contributed by atoms with Gasteiger partial charge in [0.15, 0.2) is 0 Å². The molecule has 1 aliphatic rings. The number of hydrogen-bond donors (Lipinski definition) is 2. The Labute approximate surface area is 105 Å². The zero-order chi connectivity index (χ0) is 12.7. The lowest BCUT2D eigenvalue weighted by atomic mass is 9.97. The molecule has 0 atom stereocenters. The lowest BCUT2D eigenvalue weighted by Gasteiger charge is -2.32. The van der Waals surface area contributed by atoms with Crippen LogP contribution in [0.2, 0.25) is 0 Å². The Balaban J connectivity index is 2.39. The van der Waals surface area contributed by atoms with Crippen LogP contribution in [0.5, 0.6) is 0 Å². The van der Waals surface area contributed by atoms with Crippen LogP contribution < -0.4 is 10.6 Å². The number of piperidine rings is 1. The molecule has 1 saturated heterocycles. The van der Waals surface area contributed by atoms with Crippen molar-refractivity contribution in [3.8, 4) is 0 Å². The highest BCUT2D eigenvalue weighted by Gasteiger charge is 2.20. The maximum absolute atomic E-state index is 11.6. The second kappa shape index (κ2) is 7.67. The number of likely N-dealkylation sites (N-methyl/N-ethyl adjacent to an activating group) is 1. The average molecular weight is 241 g/mol. The minimum atomic E-state index is 0.148. The third-order valence-corrected chi connectivity index (χ3v) is 3.40. The lowest BCUT2D eigenvalue weighted by Crippen LogP contribution is -2.44. The summed E-state index contributed by atoms with van der Waals surface area (Å²) in [4.78, 5) is 13.9. The molecule has 1 aliphatic heterocycles. The van der Waals surface area contributed by atoms with Crippen molar-refractivity contribution in [3.63, 3.8) is 0 Å². The van der Waals surface area contributed by atoms with E-state index >= 15 is 0 Å². The van der Waals surface area contributed by atoms with Crippen molar-refractivity contribution in [2.24, 2.45) is 5.92 Å². The molecule has 0 aliphatic carbocycles. The second-order valence-electron chi connectivity index (χ2n) is 5.17. The van der Waals surface area contributed by atoms with Gasteiger partial charge in [-0.05, 0) is 52.6 Å². The minimum absolute atomic E-state index is 0.148. The molecular weight excluding hydrogens is 214 g/mol. The Hall–Kier alpha value is -0.610. The van der Waals surface area contributed by atoms with Crippen LogP contribution in [0.3, 0.4) is 0 Å². The Morgan fingerprint density at radius 3 is 2.59 bits per heavy atom. The molecule has 4 nitrogen and oxygen atoms in total. The molecule has 1 heterocycles. The monoisotopic (exact) mass is 241 g/mol. The number of nitrogens with one attached hydrogen (secondary N) is 2. The van der Waals surface area contributed by atoms with Gasteiger partial charge in [0.1, 0.15) is 0 Å². The summed E-state index contributed by atoms with van der Waals surface area (Å²) >= 11 is 0. The van der Waals surface area contributed by atoms with E-state index in [1.165, 1.54) is 12.8 Å². The molecule has 0 radical (unpaired) electrons. The molecule has 1 fully saturated rings. The highest BCUT2D eigenvalue weighted by atomic mass is 16.2. The number of nitrogens with zero attached hydrogens (tertiary/aromatic N) is 1. The fourth-order valence-corrected chi connectivity index (χ4v) is 2.29. The number of carbonyl (C=O) groups excluding carboxylic acids is 1. The third-order valence-electron chi connectivity index (χ3n) is 3.40. The van der Waals surface area contributed by atoms with Gasteiger partial charge >= 0.3 is 0 Å². The van der Waals surface area contributed by atoms with Gasteiger partial charge < -0.3 is 10.6 Å². The van der Waals surface area contributed by atoms with Crippen molar-refractivity contribution in [2.75, 3.05) is 32.7 Å². The quantitative estimate of drug-likeness (QED) is 0.724. The van der Waals surface area contributed by atoms with Gasteiger partial charge in [0.2, 0.25) is 5.91 Å². The van der Waals surface area contributed by atoms with E-state index in [0.717, 1.165) is 32.1 Å². The van der Waals surface area contributed by atoms with Crippen LogP contribution in [-0.2, 0) is 4.79 Å². The van der Waals surface area contributed by atoms with Gasteiger partial charge in [0.05, 0.1) is 6.54 Å². The third kappa shape index (κ3) is 5.50. The average Bonchev–Trinajstić information content (AvgIpc) is 2.29. The second-order valence-corrected chi connectivity index (χ2v) is 5.17. The summed E-state index contributed by atoms with van der Waals surface area (Å²) in [6.45, 7) is 10.9. The zero-order valence-corrected chi connectivity index (χ0v) is 11.5. The van der Waals surface area contributed by atoms with E-state index in [0.29, 0.717) is 12.6 Å². The van der Waals surface area contributed by atoms with E-state index in [2.05, 4.69) is 29.4 Å². The molecule has 2 N–H and O–H groups in total. The molecule has 0 saturated carbocycles. The van der Waals surface area contributed by atoms with Crippen molar-refractivity contribution in [2.45, 2.75) is 39.7 Å². The smallest absolute Gasteiger partial charge is 0.234 e. The van der Waals surface area contributed by atoms with Gasteiger partial charge in [-0.25, -0.2) is 0 Å². The molecular formula is C13H27N3O. The summed E-state index contributed by atoms with van der Waals surface area (Å²) in [5.74, 6) is 0.892. The van der Waals surface area contributed by atoms with E-state index in [4.69, 9.17) is 0 Å². The van der Waals surface area contributed by atoms with Crippen LogP contribution in [0.15, 0.2) is 0 Å². The van der Waals surface area contributed by atoms with Gasteiger partial charge in [-0.15, -0.1) is 0 Å². The number of amides is 1. The SMILES string of the molecule is CCNC(=O)CN(CC1CCNCC1)C(C)C. The van der Waals surface area contributed by atoms with Crippen LogP contribution in [-0.4, -0.2) is 49.6 Å². The largest absolute Gasteiger partial charge is 0.355 e. The van der Waals surface area contributed by atoms with Gasteiger partial charge in [-0.3, -0.25) is 9.69 Å². The number of hydrogen-bond acceptors (Lipinski definition) is 3. The van der Waals surface area contributed by atoms with E-state index in [-0.39, 0.29) is 5.91 Å². The van der Waals surface area contributed by atoms with E-state index in [1.54, 1.807) is 0 Å². The Kier molecular flexibility index (Phi) is 6.52. The maximum Gasteiger partial charge on any atom is 0.234 e. The Bertz CT molecular complexity index is 225. The fourth-order valence-electron chi connectivity index (χ4n) is 2.29. The van der Waals surface area contributed by atoms with Crippen LogP contribution in [0.1, 0.15) is 33.6 Å². The standard InChI is InChI=1S/C13H27N3O/c1-4-15-13(17)10-16(11(2)3)9-12-5-7-14-8-6-12/h11-12,14H,4-10H2,1-3H3,(H,15,17). The summed E-state index contributed by atoms with van der Waals surface area (Å²) in [6, 6.07) is 0.437. The predicted molar refractivity (Wildman–Crippen MR) is 71.0 cm³/mol. The summed E-state index contributed by atoms with van der Waals surface area (Å²) in [5.41, 5.74) is 0. The topological polar surface area (TPSA) is 44.4 Å². The van der Waals surface area contributed by atoms with Crippen LogP contribution >= 0.6 is 0 Å². The number of rotatable bonds is 6. The molecule has 17 heavy (non-hydrogen) atoms. The van der Waals surface area contributed by atoms with Crippen molar-refractivity contribution in [1.29, 1.82) is 0 Å². The first-order chi connectivity index (χ1) is 8.13. The first kappa shape index (κ1) is 14.5. The zero-order valence-electron chi connectivity index (χ0n) is 11.5. The van der Waals surface area contributed by atoms with E-state index < -0.39 is 0 Å². The molecule has 0 aromatic carbocycles. The first-order valence-electron chi connectivity index (χ1n) is 6.85. The van der Waals surface area contributed by atoms with Crippen molar-refractivity contribution in [1.82, 2.24) is 15.5 Å². The molecule has 0 unspecified atom stereocenters. The normalized spacial score (nSPS) is 17.7. The van der Waals surface area contributed by atoms with E-state index in [1.807, 2.05) is 6.92 Å². The van der Waals surface area contributed by atoms with Crippen LogP contribution in [0.4, 0.5) is 0 Å². The molecule has 4 heteroatoms. The molecule has 100 valence electrons. The maximum atomic E-state index is 11.6. The first-order valence-corrected chi connectivity index (χ1v) is 6.85. The summed E-state index contributed by atoms with van der Waals surface area (Å²) < 4.78 is 0. The summed E-state index contributed by atoms with van der Waals surface area (Å²) in [5, 5.41) is 6.26. The van der Waals surface area contributed by atoms with Gasteiger partial charge in [-0.2, -0.15) is 0 Å². The van der Waals surface area contributed by atoms with Crippen molar-refractivity contribution in [3.05, 3.63) is 0 Å². The molecule has 0 aromatic rings. The minimum Gasteiger partial charge on any atom is -0.355 e. The van der Waals surface area contributed by atoms with Gasteiger partial charge in [0.25, 0.3) is 0 Å². The van der Waals surface area contributed by atoms with Crippen LogP contribution in [0, 0.1) is 5.92 Å². The summed E-state index contributed by atoms with van der Waals surface area (Å²) in [6.07, 6.45) is 2.47. The van der Waals surface area contributed by atoms with Crippen molar-refractivity contribution >= 4 is 5.91 Å². The molecule has 0 bridgehead atoms. The molecule has 0 aromatic heterocycles. The molecule has 1 amide bonds. The Morgan fingerprint density at radius 2 is 2.06 bits per heavy atom. The van der Waals surface area contributed by atoms with E-state index in [9.17, 15) is 4.79 Å².